The normalized spacial score (nSPS) is 11.2. The van der Waals surface area contributed by atoms with Gasteiger partial charge in [0.1, 0.15) is 21.4 Å². The highest BCUT2D eigenvalue weighted by Crippen LogP contribution is 2.34. The monoisotopic (exact) mass is 557 g/mol. The number of rotatable bonds is 7. The van der Waals surface area contributed by atoms with Crippen LogP contribution in [0.5, 0.6) is 0 Å². The molecule has 0 saturated carbocycles. The third-order valence-electron chi connectivity index (χ3n) is 5.63. The third kappa shape index (κ3) is 4.78. The van der Waals surface area contributed by atoms with Crippen molar-refractivity contribution in [2.24, 2.45) is 0 Å². The Morgan fingerprint density at radius 1 is 1.03 bits per heavy atom. The van der Waals surface area contributed by atoms with Gasteiger partial charge >= 0.3 is 0 Å². The van der Waals surface area contributed by atoms with E-state index in [1.807, 2.05) is 85.1 Å². The van der Waals surface area contributed by atoms with Crippen LogP contribution >= 0.6 is 34.6 Å². The van der Waals surface area contributed by atoms with Crippen LogP contribution in [0, 0.1) is 6.92 Å². The number of aromatic nitrogens is 4. The highest BCUT2D eigenvalue weighted by atomic mass is 32.2. The average Bonchev–Trinajstić information content (AvgIpc) is 3.68. The molecule has 1 amide bonds. The average molecular weight is 558 g/mol. The maximum absolute atomic E-state index is 13.8. The molecule has 0 atom stereocenters. The number of anilines is 1. The molecule has 188 valence electrons. The Labute approximate surface area is 229 Å². The summed E-state index contributed by atoms with van der Waals surface area (Å²) in [5.41, 5.74) is 2.09. The second kappa shape index (κ2) is 10.4. The van der Waals surface area contributed by atoms with E-state index in [2.05, 4.69) is 14.7 Å². The van der Waals surface area contributed by atoms with Gasteiger partial charge in [-0.25, -0.2) is 4.98 Å². The summed E-state index contributed by atoms with van der Waals surface area (Å²) in [5, 5.41) is 6.26. The van der Waals surface area contributed by atoms with Gasteiger partial charge in [0.25, 0.3) is 5.56 Å². The van der Waals surface area contributed by atoms with Crippen molar-refractivity contribution in [2.45, 2.75) is 12.1 Å². The lowest BCUT2D eigenvalue weighted by Gasteiger charge is -2.12. The topological polar surface area (TPSA) is 103 Å². The van der Waals surface area contributed by atoms with Gasteiger partial charge in [-0.3, -0.25) is 19.5 Å². The number of amides is 1. The van der Waals surface area contributed by atoms with Crippen molar-refractivity contribution in [3.8, 4) is 27.6 Å². The lowest BCUT2D eigenvalue weighted by Crippen LogP contribution is -2.22. The van der Waals surface area contributed by atoms with Crippen molar-refractivity contribution in [1.29, 1.82) is 0 Å². The van der Waals surface area contributed by atoms with Gasteiger partial charge < -0.3 is 4.42 Å². The summed E-state index contributed by atoms with van der Waals surface area (Å²) in [7, 11) is 0. The van der Waals surface area contributed by atoms with Gasteiger partial charge in [0, 0.05) is 16.5 Å². The van der Waals surface area contributed by atoms with E-state index in [0.717, 1.165) is 16.3 Å². The van der Waals surface area contributed by atoms with E-state index in [-0.39, 0.29) is 23.2 Å². The molecule has 2 aromatic carbocycles. The molecule has 0 radical (unpaired) electrons. The number of thiophene rings is 1. The predicted molar refractivity (Wildman–Crippen MR) is 152 cm³/mol. The Morgan fingerprint density at radius 2 is 1.79 bits per heavy atom. The van der Waals surface area contributed by atoms with E-state index in [1.54, 1.807) is 4.57 Å². The Balaban J connectivity index is 1.29. The van der Waals surface area contributed by atoms with E-state index in [0.29, 0.717) is 32.4 Å². The molecule has 4 aromatic heterocycles. The van der Waals surface area contributed by atoms with Gasteiger partial charge in [0.15, 0.2) is 5.16 Å². The quantitative estimate of drug-likeness (QED) is 0.182. The van der Waals surface area contributed by atoms with Crippen molar-refractivity contribution < 1.29 is 9.21 Å². The first-order valence-electron chi connectivity index (χ1n) is 11.5. The van der Waals surface area contributed by atoms with Crippen LogP contribution in [-0.2, 0) is 4.79 Å². The molecule has 0 aliphatic rings. The number of benzene rings is 2. The Bertz CT molecular complexity index is 1810. The van der Waals surface area contributed by atoms with Gasteiger partial charge in [-0.2, -0.15) is 9.36 Å². The maximum Gasteiger partial charge on any atom is 0.268 e. The molecular formula is C27H19N5O3S3. The summed E-state index contributed by atoms with van der Waals surface area (Å²) >= 11 is 3.77. The number of thioether (sulfide) groups is 1. The molecule has 11 heteroatoms. The second-order valence-electron chi connectivity index (χ2n) is 8.24. The highest BCUT2D eigenvalue weighted by Gasteiger charge is 2.21. The zero-order chi connectivity index (χ0) is 26.1. The van der Waals surface area contributed by atoms with Crippen LogP contribution in [0.4, 0.5) is 5.95 Å². The van der Waals surface area contributed by atoms with Crippen molar-refractivity contribution in [1.82, 2.24) is 18.9 Å². The second-order valence-corrected chi connectivity index (χ2v) is 10.8. The first kappa shape index (κ1) is 24.3. The van der Waals surface area contributed by atoms with Crippen molar-refractivity contribution in [3.05, 3.63) is 94.3 Å². The van der Waals surface area contributed by atoms with E-state index >= 15 is 0 Å². The molecule has 0 aliphatic carbocycles. The van der Waals surface area contributed by atoms with Gasteiger partial charge in [-0.05, 0) is 42.7 Å². The molecule has 4 heterocycles. The molecular weight excluding hydrogens is 539 g/mol. The van der Waals surface area contributed by atoms with Crippen molar-refractivity contribution in [2.75, 3.05) is 11.1 Å². The Hall–Kier alpha value is -4.06. The Morgan fingerprint density at radius 3 is 2.53 bits per heavy atom. The third-order valence-corrected chi connectivity index (χ3v) is 8.20. The van der Waals surface area contributed by atoms with E-state index in [4.69, 9.17) is 9.40 Å². The Kier molecular flexibility index (Phi) is 6.62. The first-order chi connectivity index (χ1) is 18.6. The lowest BCUT2D eigenvalue weighted by molar-refractivity contribution is -0.113. The van der Waals surface area contributed by atoms with Crippen molar-refractivity contribution in [3.63, 3.8) is 0 Å². The smallest absolute Gasteiger partial charge is 0.268 e. The van der Waals surface area contributed by atoms with Gasteiger partial charge in [-0.15, -0.1) is 11.3 Å². The van der Waals surface area contributed by atoms with Crippen LogP contribution in [-0.4, -0.2) is 30.6 Å². The number of aryl methyl sites for hydroxylation is 1. The molecule has 0 saturated heterocycles. The summed E-state index contributed by atoms with van der Waals surface area (Å²) in [6.07, 6.45) is 0. The number of nitrogens with one attached hydrogen (secondary N) is 1. The molecule has 8 nitrogen and oxygen atoms in total. The molecule has 0 fully saturated rings. The summed E-state index contributed by atoms with van der Waals surface area (Å²) in [5.74, 6) is 1.37. The maximum atomic E-state index is 13.8. The number of para-hydroxylation sites is 1. The SMILES string of the molecule is Cc1ccc(-c2csc3nc(SCC(=O)Nc4nsc(-c5ccccc5)n4)n(-c4ccccc4)c(=O)c23)o1. The van der Waals surface area contributed by atoms with Crippen LogP contribution in [0.1, 0.15) is 5.76 Å². The fraction of sp³-hybridized carbons (Fsp3) is 0.0741. The highest BCUT2D eigenvalue weighted by molar-refractivity contribution is 7.99. The molecule has 38 heavy (non-hydrogen) atoms. The molecule has 0 bridgehead atoms. The molecule has 6 rings (SSSR count). The summed E-state index contributed by atoms with van der Waals surface area (Å²) < 4.78 is 11.6. The molecule has 0 aliphatic heterocycles. The number of hydrogen-bond acceptors (Lipinski definition) is 9. The minimum atomic E-state index is -0.292. The number of furan rings is 1. The summed E-state index contributed by atoms with van der Waals surface area (Å²) in [6.45, 7) is 1.86. The van der Waals surface area contributed by atoms with Gasteiger partial charge in [0.2, 0.25) is 11.9 Å². The largest absolute Gasteiger partial charge is 0.461 e. The van der Waals surface area contributed by atoms with Gasteiger partial charge in [-0.1, -0.05) is 60.3 Å². The molecule has 0 unspecified atom stereocenters. The van der Waals surface area contributed by atoms with E-state index in [9.17, 15) is 9.59 Å². The fourth-order valence-corrected chi connectivity index (χ4v) is 6.31. The molecule has 0 spiro atoms. The van der Waals surface area contributed by atoms with Crippen LogP contribution in [0.2, 0.25) is 0 Å². The fourth-order valence-electron chi connectivity index (χ4n) is 3.90. The molecule has 6 aromatic rings. The zero-order valence-electron chi connectivity index (χ0n) is 20.0. The number of carbonyl (C=O) groups excluding carboxylic acids is 1. The summed E-state index contributed by atoms with van der Waals surface area (Å²) in [6, 6.07) is 22.7. The van der Waals surface area contributed by atoms with Crippen LogP contribution < -0.4 is 10.9 Å². The minimum absolute atomic E-state index is 0.0280. The minimum Gasteiger partial charge on any atom is -0.461 e. The number of hydrogen-bond donors (Lipinski definition) is 1. The van der Waals surface area contributed by atoms with E-state index in [1.165, 1.54) is 34.6 Å². The van der Waals surface area contributed by atoms with E-state index < -0.39 is 0 Å². The standard InChI is InChI=1S/C27H19N5O3S3/c1-16-12-13-20(35-16)19-14-36-24-22(19)25(34)32(18-10-6-3-7-11-18)27(30-24)37-15-21(33)28-26-29-23(38-31-26)17-8-4-2-5-9-17/h2-14H,15H2,1H3,(H,28,31,33). The molecule has 1 N–H and O–H groups in total. The zero-order valence-corrected chi connectivity index (χ0v) is 22.4. The number of nitrogens with zero attached hydrogens (tertiary/aromatic N) is 4. The summed E-state index contributed by atoms with van der Waals surface area (Å²) in [4.78, 5) is 36.4. The lowest BCUT2D eigenvalue weighted by atomic mass is 10.2. The number of carbonyl (C=O) groups is 1. The van der Waals surface area contributed by atoms with Gasteiger partial charge in [0.05, 0.1) is 16.8 Å². The van der Waals surface area contributed by atoms with Crippen molar-refractivity contribution >= 4 is 56.7 Å². The predicted octanol–water partition coefficient (Wildman–Crippen LogP) is 6.26. The first-order valence-corrected chi connectivity index (χ1v) is 14.2. The number of fused-ring (bicyclic) bond motifs is 1. The van der Waals surface area contributed by atoms with Crippen LogP contribution in [0.3, 0.4) is 0 Å². The van der Waals surface area contributed by atoms with Crippen LogP contribution in [0.25, 0.3) is 37.8 Å². The van der Waals surface area contributed by atoms with Crippen LogP contribution in [0.15, 0.2) is 92.5 Å².